The lowest BCUT2D eigenvalue weighted by Gasteiger charge is -2.36. The summed E-state index contributed by atoms with van der Waals surface area (Å²) >= 11 is 0. The molecule has 1 aliphatic carbocycles. The van der Waals surface area contributed by atoms with Gasteiger partial charge in [-0.3, -0.25) is 0 Å². The van der Waals surface area contributed by atoms with Gasteiger partial charge in [0.15, 0.2) is 0 Å². The number of phenolic OH excluding ortho intramolecular Hbond substituents is 1. The molecule has 0 radical (unpaired) electrons. The second kappa shape index (κ2) is 4.34. The lowest BCUT2D eigenvalue weighted by atomic mass is 9.72. The minimum absolute atomic E-state index is 0.196. The molecule has 1 atom stereocenters. The second-order valence-corrected chi connectivity index (χ2v) is 5.53. The average Bonchev–Trinajstić information content (AvgIpc) is 3.01. The standard InChI is InChI=1S/C15H21NO/c17-13-7-2-1-6-12(13)15(9-3-4-10-15)14-8-5-11-16-14/h1-2,6-7,14,16-17H,3-5,8-11H2. The Morgan fingerprint density at radius 3 is 2.53 bits per heavy atom. The van der Waals surface area contributed by atoms with E-state index in [1.807, 2.05) is 12.1 Å². The molecule has 0 amide bonds. The number of phenols is 1. The third-order valence-electron chi connectivity index (χ3n) is 4.66. The maximum Gasteiger partial charge on any atom is 0.119 e. The number of nitrogens with one attached hydrogen (secondary N) is 1. The van der Waals surface area contributed by atoms with Gasteiger partial charge in [-0.15, -0.1) is 0 Å². The molecule has 0 aromatic heterocycles. The van der Waals surface area contributed by atoms with Crippen molar-refractivity contribution in [2.24, 2.45) is 0 Å². The molecule has 0 spiro atoms. The van der Waals surface area contributed by atoms with Crippen molar-refractivity contribution in [3.05, 3.63) is 29.8 Å². The fraction of sp³-hybridized carbons (Fsp3) is 0.600. The van der Waals surface area contributed by atoms with Crippen molar-refractivity contribution in [1.82, 2.24) is 5.32 Å². The van der Waals surface area contributed by atoms with E-state index in [1.165, 1.54) is 44.1 Å². The van der Waals surface area contributed by atoms with Gasteiger partial charge in [-0.05, 0) is 38.3 Å². The summed E-state index contributed by atoms with van der Waals surface area (Å²) in [5, 5.41) is 13.8. The van der Waals surface area contributed by atoms with Crippen molar-refractivity contribution < 1.29 is 5.11 Å². The van der Waals surface area contributed by atoms with E-state index in [0.717, 1.165) is 6.54 Å². The highest BCUT2D eigenvalue weighted by Crippen LogP contribution is 2.48. The Labute approximate surface area is 103 Å². The Hall–Kier alpha value is -1.02. The van der Waals surface area contributed by atoms with Gasteiger partial charge in [-0.1, -0.05) is 31.0 Å². The van der Waals surface area contributed by atoms with E-state index in [-0.39, 0.29) is 5.41 Å². The number of rotatable bonds is 2. The van der Waals surface area contributed by atoms with Crippen molar-refractivity contribution in [2.75, 3.05) is 6.54 Å². The zero-order valence-electron chi connectivity index (χ0n) is 10.3. The molecule has 0 bridgehead atoms. The molecule has 1 aromatic carbocycles. The predicted octanol–water partition coefficient (Wildman–Crippen LogP) is 2.96. The highest BCUT2D eigenvalue weighted by molar-refractivity contribution is 5.41. The van der Waals surface area contributed by atoms with E-state index in [0.29, 0.717) is 11.8 Å². The molecule has 1 aromatic rings. The van der Waals surface area contributed by atoms with Crippen LogP contribution in [-0.4, -0.2) is 17.7 Å². The summed E-state index contributed by atoms with van der Waals surface area (Å²) in [4.78, 5) is 0. The first-order valence-electron chi connectivity index (χ1n) is 6.85. The van der Waals surface area contributed by atoms with E-state index in [2.05, 4.69) is 17.4 Å². The zero-order valence-corrected chi connectivity index (χ0v) is 10.3. The molecule has 1 unspecified atom stereocenters. The topological polar surface area (TPSA) is 32.3 Å². The first kappa shape index (κ1) is 11.1. The van der Waals surface area contributed by atoms with Crippen molar-refractivity contribution in [1.29, 1.82) is 0 Å². The molecule has 92 valence electrons. The van der Waals surface area contributed by atoms with Crippen LogP contribution in [0.1, 0.15) is 44.1 Å². The highest BCUT2D eigenvalue weighted by Gasteiger charge is 2.44. The van der Waals surface area contributed by atoms with E-state index in [9.17, 15) is 5.11 Å². The van der Waals surface area contributed by atoms with Gasteiger partial charge in [0, 0.05) is 17.0 Å². The molecule has 2 heteroatoms. The summed E-state index contributed by atoms with van der Waals surface area (Å²) in [6.45, 7) is 1.14. The molecular formula is C15H21NO. The number of para-hydroxylation sites is 1. The molecule has 1 aliphatic heterocycles. The van der Waals surface area contributed by atoms with Gasteiger partial charge in [0.2, 0.25) is 0 Å². The van der Waals surface area contributed by atoms with Gasteiger partial charge >= 0.3 is 0 Å². The number of hydrogen-bond donors (Lipinski definition) is 2. The van der Waals surface area contributed by atoms with Crippen LogP contribution >= 0.6 is 0 Å². The lowest BCUT2D eigenvalue weighted by molar-refractivity contribution is 0.311. The highest BCUT2D eigenvalue weighted by atomic mass is 16.3. The minimum Gasteiger partial charge on any atom is -0.508 e. The van der Waals surface area contributed by atoms with Crippen LogP contribution in [0, 0.1) is 0 Å². The van der Waals surface area contributed by atoms with Crippen LogP contribution in [0.5, 0.6) is 5.75 Å². The Balaban J connectivity index is 2.02. The summed E-state index contributed by atoms with van der Waals surface area (Å²) in [7, 11) is 0. The summed E-state index contributed by atoms with van der Waals surface area (Å²) in [5.41, 5.74) is 1.37. The molecule has 1 saturated heterocycles. The van der Waals surface area contributed by atoms with Crippen LogP contribution in [0.2, 0.25) is 0 Å². The number of hydrogen-bond acceptors (Lipinski definition) is 2. The molecule has 2 N–H and O–H groups in total. The molecular weight excluding hydrogens is 210 g/mol. The third kappa shape index (κ3) is 1.75. The van der Waals surface area contributed by atoms with Crippen molar-refractivity contribution >= 4 is 0 Å². The summed E-state index contributed by atoms with van der Waals surface area (Å²) in [5.74, 6) is 0.489. The van der Waals surface area contributed by atoms with E-state index >= 15 is 0 Å². The van der Waals surface area contributed by atoms with Gasteiger partial charge in [-0.2, -0.15) is 0 Å². The van der Waals surface area contributed by atoms with E-state index < -0.39 is 0 Å². The SMILES string of the molecule is Oc1ccccc1C1(C2CCCN2)CCCC1. The van der Waals surface area contributed by atoms with Gasteiger partial charge in [0.1, 0.15) is 5.75 Å². The largest absolute Gasteiger partial charge is 0.508 e. The Morgan fingerprint density at radius 2 is 1.88 bits per heavy atom. The molecule has 17 heavy (non-hydrogen) atoms. The maximum absolute atomic E-state index is 10.2. The maximum atomic E-state index is 10.2. The Kier molecular flexibility index (Phi) is 2.83. The molecule has 1 heterocycles. The van der Waals surface area contributed by atoms with E-state index in [4.69, 9.17) is 0 Å². The summed E-state index contributed by atoms with van der Waals surface area (Å²) < 4.78 is 0. The first-order chi connectivity index (χ1) is 8.33. The predicted molar refractivity (Wildman–Crippen MR) is 69.3 cm³/mol. The average molecular weight is 231 g/mol. The summed E-state index contributed by atoms with van der Waals surface area (Å²) in [6.07, 6.45) is 7.58. The van der Waals surface area contributed by atoms with Crippen LogP contribution in [-0.2, 0) is 5.41 Å². The van der Waals surface area contributed by atoms with Crippen molar-refractivity contribution in [3.63, 3.8) is 0 Å². The third-order valence-corrected chi connectivity index (χ3v) is 4.66. The second-order valence-electron chi connectivity index (χ2n) is 5.53. The zero-order chi connectivity index (χ0) is 11.7. The monoisotopic (exact) mass is 231 g/mol. The molecule has 2 aliphatic rings. The number of aromatic hydroxyl groups is 1. The Morgan fingerprint density at radius 1 is 1.12 bits per heavy atom. The van der Waals surface area contributed by atoms with Crippen LogP contribution in [0.15, 0.2) is 24.3 Å². The van der Waals surface area contributed by atoms with Crippen LogP contribution in [0.25, 0.3) is 0 Å². The molecule has 2 fully saturated rings. The van der Waals surface area contributed by atoms with E-state index in [1.54, 1.807) is 0 Å². The lowest BCUT2D eigenvalue weighted by Crippen LogP contribution is -2.43. The number of benzene rings is 1. The van der Waals surface area contributed by atoms with Crippen molar-refractivity contribution in [3.8, 4) is 5.75 Å². The fourth-order valence-corrected chi connectivity index (χ4v) is 3.86. The van der Waals surface area contributed by atoms with Crippen LogP contribution in [0.4, 0.5) is 0 Å². The summed E-state index contributed by atoms with van der Waals surface area (Å²) in [6, 6.07) is 8.51. The van der Waals surface area contributed by atoms with Crippen LogP contribution in [0.3, 0.4) is 0 Å². The first-order valence-corrected chi connectivity index (χ1v) is 6.85. The fourth-order valence-electron chi connectivity index (χ4n) is 3.86. The Bertz CT molecular complexity index is 390. The van der Waals surface area contributed by atoms with Crippen LogP contribution < -0.4 is 5.32 Å². The molecule has 3 rings (SSSR count). The van der Waals surface area contributed by atoms with Gasteiger partial charge < -0.3 is 10.4 Å². The normalized spacial score (nSPS) is 27.4. The minimum atomic E-state index is 0.196. The van der Waals surface area contributed by atoms with Gasteiger partial charge in [-0.25, -0.2) is 0 Å². The quantitative estimate of drug-likeness (QED) is 0.820. The molecule has 2 nitrogen and oxygen atoms in total. The molecule has 1 saturated carbocycles. The smallest absolute Gasteiger partial charge is 0.119 e. The van der Waals surface area contributed by atoms with Gasteiger partial charge in [0.05, 0.1) is 0 Å². The van der Waals surface area contributed by atoms with Gasteiger partial charge in [0.25, 0.3) is 0 Å². The van der Waals surface area contributed by atoms with Crippen molar-refractivity contribution in [2.45, 2.75) is 50.0 Å².